The Balaban J connectivity index is 1.84. The van der Waals surface area contributed by atoms with E-state index in [1.54, 1.807) is 12.1 Å². The zero-order valence-electron chi connectivity index (χ0n) is 11.4. The number of hydrogen-bond donors (Lipinski definition) is 1. The van der Waals surface area contributed by atoms with Crippen LogP contribution in [0, 0.1) is 10.1 Å². The number of non-ortho nitro benzene ring substituents is 1. The summed E-state index contributed by atoms with van der Waals surface area (Å²) in [5, 5.41) is 14.7. The number of nitro groups is 1. The van der Waals surface area contributed by atoms with Gasteiger partial charge in [0.2, 0.25) is 11.7 Å². The van der Waals surface area contributed by atoms with Crippen LogP contribution in [-0.4, -0.2) is 21.1 Å². The van der Waals surface area contributed by atoms with Gasteiger partial charge in [-0.05, 0) is 19.3 Å². The Kier molecular flexibility index (Phi) is 3.66. The number of nitro benzene ring substituents is 1. The van der Waals surface area contributed by atoms with Crippen LogP contribution in [0.15, 0.2) is 28.8 Å². The molecule has 0 radical (unpaired) electrons. The lowest BCUT2D eigenvalue weighted by Gasteiger charge is -2.23. The Morgan fingerprint density at radius 2 is 2.24 bits per heavy atom. The van der Waals surface area contributed by atoms with Crippen molar-refractivity contribution >= 4 is 5.69 Å². The number of nitrogens with zero attached hydrogens (tertiary/aromatic N) is 3. The number of nitrogens with two attached hydrogens (primary N) is 1. The molecule has 0 spiro atoms. The van der Waals surface area contributed by atoms with E-state index in [0.717, 1.165) is 25.7 Å². The first-order valence-electron chi connectivity index (χ1n) is 6.97. The molecule has 1 aliphatic carbocycles. The molecule has 1 saturated carbocycles. The fraction of sp³-hybridized carbons (Fsp3) is 0.429. The van der Waals surface area contributed by atoms with Crippen molar-refractivity contribution in [3.8, 4) is 11.4 Å². The monoisotopic (exact) mass is 288 g/mol. The van der Waals surface area contributed by atoms with Gasteiger partial charge in [0.25, 0.3) is 5.69 Å². The van der Waals surface area contributed by atoms with Crippen molar-refractivity contribution in [3.63, 3.8) is 0 Å². The highest BCUT2D eigenvalue weighted by Crippen LogP contribution is 2.32. The molecule has 0 saturated heterocycles. The topological polar surface area (TPSA) is 108 Å². The highest BCUT2D eigenvalue weighted by molar-refractivity contribution is 5.58. The average Bonchev–Trinajstić information content (AvgIpc) is 2.97. The molecule has 7 heteroatoms. The third kappa shape index (κ3) is 2.92. The molecule has 1 aliphatic rings. The van der Waals surface area contributed by atoms with Crippen molar-refractivity contribution in [3.05, 3.63) is 40.3 Å². The van der Waals surface area contributed by atoms with Crippen LogP contribution < -0.4 is 5.73 Å². The molecule has 110 valence electrons. The van der Waals surface area contributed by atoms with Gasteiger partial charge >= 0.3 is 0 Å². The molecule has 2 atom stereocenters. The van der Waals surface area contributed by atoms with Gasteiger partial charge in [-0.3, -0.25) is 10.1 Å². The van der Waals surface area contributed by atoms with Gasteiger partial charge in [-0.2, -0.15) is 4.98 Å². The molecule has 1 fully saturated rings. The normalized spacial score (nSPS) is 22.1. The van der Waals surface area contributed by atoms with Gasteiger partial charge < -0.3 is 10.3 Å². The van der Waals surface area contributed by atoms with Gasteiger partial charge in [0.05, 0.1) is 4.92 Å². The van der Waals surface area contributed by atoms with E-state index in [1.165, 1.54) is 12.1 Å². The molecule has 1 heterocycles. The summed E-state index contributed by atoms with van der Waals surface area (Å²) in [5.41, 5.74) is 6.56. The highest BCUT2D eigenvalue weighted by Gasteiger charge is 2.25. The summed E-state index contributed by atoms with van der Waals surface area (Å²) in [6.45, 7) is 0. The first kappa shape index (κ1) is 13.7. The Morgan fingerprint density at radius 3 is 3.00 bits per heavy atom. The Labute approximate surface area is 121 Å². The third-order valence-corrected chi connectivity index (χ3v) is 3.82. The van der Waals surface area contributed by atoms with Gasteiger partial charge in [-0.1, -0.05) is 23.7 Å². The molecular formula is C14H16N4O3. The van der Waals surface area contributed by atoms with E-state index >= 15 is 0 Å². The van der Waals surface area contributed by atoms with Gasteiger partial charge in [0.1, 0.15) is 0 Å². The molecule has 0 aliphatic heterocycles. The van der Waals surface area contributed by atoms with Crippen LogP contribution in [0.5, 0.6) is 0 Å². The Bertz CT molecular complexity index is 655. The summed E-state index contributed by atoms with van der Waals surface area (Å²) in [7, 11) is 0. The molecule has 3 rings (SSSR count). The van der Waals surface area contributed by atoms with Crippen molar-refractivity contribution < 1.29 is 9.45 Å². The highest BCUT2D eigenvalue weighted by atomic mass is 16.6. The predicted molar refractivity (Wildman–Crippen MR) is 75.6 cm³/mol. The van der Waals surface area contributed by atoms with Crippen molar-refractivity contribution in [2.24, 2.45) is 5.73 Å². The molecule has 1 aromatic heterocycles. The first-order valence-corrected chi connectivity index (χ1v) is 6.97. The van der Waals surface area contributed by atoms with E-state index < -0.39 is 4.92 Å². The molecule has 2 N–H and O–H groups in total. The lowest BCUT2D eigenvalue weighted by molar-refractivity contribution is -0.384. The van der Waals surface area contributed by atoms with E-state index in [2.05, 4.69) is 10.1 Å². The maximum atomic E-state index is 10.8. The molecular weight excluding hydrogens is 272 g/mol. The summed E-state index contributed by atoms with van der Waals surface area (Å²) in [6.07, 6.45) is 3.92. The third-order valence-electron chi connectivity index (χ3n) is 3.82. The summed E-state index contributed by atoms with van der Waals surface area (Å²) in [6, 6.07) is 6.40. The first-order chi connectivity index (χ1) is 10.1. The molecule has 21 heavy (non-hydrogen) atoms. The van der Waals surface area contributed by atoms with E-state index in [-0.39, 0.29) is 17.6 Å². The molecule has 0 bridgehead atoms. The predicted octanol–water partition coefficient (Wildman–Crippen LogP) is 2.63. The van der Waals surface area contributed by atoms with E-state index in [0.29, 0.717) is 17.3 Å². The van der Waals surface area contributed by atoms with Gasteiger partial charge in [-0.25, -0.2) is 0 Å². The lowest BCUT2D eigenvalue weighted by Crippen LogP contribution is -2.26. The maximum Gasteiger partial charge on any atom is 0.270 e. The zero-order valence-corrected chi connectivity index (χ0v) is 11.4. The lowest BCUT2D eigenvalue weighted by atomic mass is 9.86. The van der Waals surface area contributed by atoms with Crippen molar-refractivity contribution in [1.29, 1.82) is 0 Å². The van der Waals surface area contributed by atoms with Crippen LogP contribution >= 0.6 is 0 Å². The van der Waals surface area contributed by atoms with Crippen molar-refractivity contribution in [2.75, 3.05) is 0 Å². The summed E-state index contributed by atoms with van der Waals surface area (Å²) >= 11 is 0. The Hall–Kier alpha value is -2.28. The van der Waals surface area contributed by atoms with Gasteiger partial charge in [-0.15, -0.1) is 0 Å². The van der Waals surface area contributed by atoms with Crippen LogP contribution in [0.4, 0.5) is 5.69 Å². The zero-order chi connectivity index (χ0) is 14.8. The Morgan fingerprint density at radius 1 is 1.38 bits per heavy atom. The van der Waals surface area contributed by atoms with Gasteiger partial charge in [0, 0.05) is 29.7 Å². The molecule has 0 amide bonds. The second-order valence-corrected chi connectivity index (χ2v) is 5.39. The van der Waals surface area contributed by atoms with Crippen molar-refractivity contribution in [2.45, 2.75) is 37.6 Å². The molecule has 7 nitrogen and oxygen atoms in total. The standard InChI is InChI=1S/C14H16N4O3/c15-11-5-1-4-10(7-11)14-16-13(17-21-14)9-3-2-6-12(8-9)18(19)20/h2-3,6,8,10-11H,1,4-5,7,15H2. The maximum absolute atomic E-state index is 10.8. The van der Waals surface area contributed by atoms with E-state index in [4.69, 9.17) is 10.3 Å². The minimum absolute atomic E-state index is 0.0125. The minimum atomic E-state index is -0.440. The van der Waals surface area contributed by atoms with Gasteiger partial charge in [0.15, 0.2) is 0 Å². The summed E-state index contributed by atoms with van der Waals surface area (Å²) in [5.74, 6) is 1.15. The minimum Gasteiger partial charge on any atom is -0.339 e. The summed E-state index contributed by atoms with van der Waals surface area (Å²) < 4.78 is 5.32. The summed E-state index contributed by atoms with van der Waals surface area (Å²) in [4.78, 5) is 14.7. The number of hydrogen-bond acceptors (Lipinski definition) is 6. The fourth-order valence-electron chi connectivity index (χ4n) is 2.73. The SMILES string of the molecule is NC1CCCC(c2nc(-c3cccc([N+](=O)[O-])c3)no2)C1. The second-order valence-electron chi connectivity index (χ2n) is 5.39. The van der Waals surface area contributed by atoms with Crippen LogP contribution in [0.1, 0.15) is 37.5 Å². The van der Waals surface area contributed by atoms with Crippen LogP contribution in [0.25, 0.3) is 11.4 Å². The molecule has 2 unspecified atom stereocenters. The number of rotatable bonds is 3. The second kappa shape index (κ2) is 5.61. The van der Waals surface area contributed by atoms with Crippen LogP contribution in [0.3, 0.4) is 0 Å². The van der Waals surface area contributed by atoms with E-state index in [1.807, 2.05) is 0 Å². The molecule has 2 aromatic rings. The number of benzene rings is 1. The van der Waals surface area contributed by atoms with Crippen LogP contribution in [0.2, 0.25) is 0 Å². The smallest absolute Gasteiger partial charge is 0.270 e. The van der Waals surface area contributed by atoms with Crippen LogP contribution in [-0.2, 0) is 0 Å². The van der Waals surface area contributed by atoms with E-state index in [9.17, 15) is 10.1 Å². The quantitative estimate of drug-likeness (QED) is 0.687. The average molecular weight is 288 g/mol. The van der Waals surface area contributed by atoms with Crippen molar-refractivity contribution in [1.82, 2.24) is 10.1 Å². The molecule has 1 aromatic carbocycles. The fourth-order valence-corrected chi connectivity index (χ4v) is 2.73. The number of aromatic nitrogens is 2. The largest absolute Gasteiger partial charge is 0.339 e.